The fraction of sp³-hybridized carbons (Fsp3) is 0.647. The summed E-state index contributed by atoms with van der Waals surface area (Å²) in [6.45, 7) is 11.7. The lowest BCUT2D eigenvalue weighted by atomic mass is 9.96. The largest absolute Gasteiger partial charge is 0.316 e. The maximum atomic E-state index is 3.54. The van der Waals surface area contributed by atoms with Crippen LogP contribution in [0.2, 0.25) is 0 Å². The van der Waals surface area contributed by atoms with E-state index >= 15 is 0 Å². The molecule has 0 spiro atoms. The zero-order valence-electron chi connectivity index (χ0n) is 12.7. The van der Waals surface area contributed by atoms with Crippen LogP contribution in [0.5, 0.6) is 0 Å². The monoisotopic (exact) mass is 245 g/mol. The first kappa shape index (κ1) is 13.6. The van der Waals surface area contributed by atoms with Gasteiger partial charge in [-0.2, -0.15) is 0 Å². The van der Waals surface area contributed by atoms with Gasteiger partial charge < -0.3 is 5.32 Å². The number of aryl methyl sites for hydroxylation is 1. The molecular formula is C17H27N. The molecule has 2 rings (SSSR count). The van der Waals surface area contributed by atoms with E-state index in [1.54, 1.807) is 0 Å². The highest BCUT2D eigenvalue weighted by Crippen LogP contribution is 2.69. The molecule has 1 aromatic carbocycles. The molecule has 1 saturated carbocycles. The molecule has 1 fully saturated rings. The van der Waals surface area contributed by atoms with Gasteiger partial charge in [0, 0.05) is 6.04 Å². The van der Waals surface area contributed by atoms with Crippen molar-refractivity contribution in [1.29, 1.82) is 0 Å². The maximum absolute atomic E-state index is 3.54. The summed E-state index contributed by atoms with van der Waals surface area (Å²) in [7, 11) is 2.10. The molecule has 0 aliphatic heterocycles. The zero-order valence-corrected chi connectivity index (χ0v) is 12.7. The van der Waals surface area contributed by atoms with Crippen LogP contribution in [-0.2, 0) is 6.42 Å². The van der Waals surface area contributed by atoms with E-state index in [-0.39, 0.29) is 0 Å². The Bertz CT molecular complexity index is 400. The molecule has 18 heavy (non-hydrogen) atoms. The molecule has 1 nitrogen and oxygen atoms in total. The van der Waals surface area contributed by atoms with E-state index in [0.717, 1.165) is 12.3 Å². The van der Waals surface area contributed by atoms with Gasteiger partial charge in [0.05, 0.1) is 0 Å². The van der Waals surface area contributed by atoms with Crippen LogP contribution in [0.3, 0.4) is 0 Å². The molecule has 1 N–H and O–H groups in total. The molecule has 1 unspecified atom stereocenters. The third-order valence-corrected chi connectivity index (χ3v) is 5.48. The van der Waals surface area contributed by atoms with E-state index in [1.807, 2.05) is 0 Å². The van der Waals surface area contributed by atoms with Gasteiger partial charge in [0.25, 0.3) is 0 Å². The Morgan fingerprint density at radius 1 is 1.06 bits per heavy atom. The lowest BCUT2D eigenvalue weighted by Crippen LogP contribution is -2.32. The molecule has 1 aromatic rings. The van der Waals surface area contributed by atoms with Crippen LogP contribution in [0.25, 0.3) is 0 Å². The third kappa shape index (κ3) is 2.09. The lowest BCUT2D eigenvalue weighted by Gasteiger charge is -2.19. The van der Waals surface area contributed by atoms with E-state index in [9.17, 15) is 0 Å². The molecule has 0 saturated heterocycles. The first-order valence-corrected chi connectivity index (χ1v) is 7.03. The Morgan fingerprint density at radius 3 is 1.94 bits per heavy atom. The van der Waals surface area contributed by atoms with Gasteiger partial charge in [0.15, 0.2) is 0 Å². The van der Waals surface area contributed by atoms with Crippen molar-refractivity contribution < 1.29 is 0 Å². The predicted octanol–water partition coefficient (Wildman–Crippen LogP) is 3.81. The molecule has 1 atom stereocenters. The topological polar surface area (TPSA) is 12.0 Å². The molecule has 0 radical (unpaired) electrons. The number of likely N-dealkylation sites (N-methyl/N-ethyl adjacent to an activating group) is 1. The van der Waals surface area contributed by atoms with Gasteiger partial charge in [0.2, 0.25) is 0 Å². The fourth-order valence-corrected chi connectivity index (χ4v) is 3.62. The molecule has 0 aromatic heterocycles. The zero-order chi connectivity index (χ0) is 13.6. The Kier molecular flexibility index (Phi) is 3.31. The molecule has 1 aliphatic rings. The number of hydrogen-bond donors (Lipinski definition) is 1. The predicted molar refractivity (Wildman–Crippen MR) is 78.8 cm³/mol. The van der Waals surface area contributed by atoms with Crippen LogP contribution >= 0.6 is 0 Å². The molecule has 0 amide bonds. The van der Waals surface area contributed by atoms with E-state index < -0.39 is 0 Å². The fourth-order valence-electron chi connectivity index (χ4n) is 3.62. The van der Waals surface area contributed by atoms with Crippen LogP contribution in [0.1, 0.15) is 38.8 Å². The van der Waals surface area contributed by atoms with Crippen molar-refractivity contribution in [3.8, 4) is 0 Å². The molecule has 1 heteroatoms. The highest BCUT2D eigenvalue weighted by Gasteiger charge is 2.66. The van der Waals surface area contributed by atoms with Gasteiger partial charge in [-0.1, -0.05) is 57.5 Å². The van der Waals surface area contributed by atoms with Gasteiger partial charge in [-0.25, -0.2) is 0 Å². The van der Waals surface area contributed by atoms with Crippen LogP contribution in [-0.4, -0.2) is 13.1 Å². The first-order valence-electron chi connectivity index (χ1n) is 7.03. The van der Waals surface area contributed by atoms with E-state index in [4.69, 9.17) is 0 Å². The highest BCUT2D eigenvalue weighted by molar-refractivity contribution is 5.24. The quantitative estimate of drug-likeness (QED) is 0.850. The van der Waals surface area contributed by atoms with Crippen molar-refractivity contribution in [2.45, 2.75) is 47.1 Å². The minimum Gasteiger partial charge on any atom is -0.316 e. The second-order valence-electron chi connectivity index (χ2n) is 7.01. The van der Waals surface area contributed by atoms with E-state index in [1.165, 1.54) is 11.1 Å². The summed E-state index contributed by atoms with van der Waals surface area (Å²) in [6, 6.07) is 9.54. The van der Waals surface area contributed by atoms with Crippen LogP contribution in [0, 0.1) is 23.7 Å². The average molecular weight is 245 g/mol. The van der Waals surface area contributed by atoms with E-state index in [2.05, 4.69) is 71.2 Å². The SMILES string of the molecule is CNC(Cc1ccc(C)cc1)C1C(C)(C)C1(C)C. The second kappa shape index (κ2) is 4.38. The van der Waals surface area contributed by atoms with Crippen molar-refractivity contribution in [3.05, 3.63) is 35.4 Å². The Hall–Kier alpha value is -0.820. The standard InChI is InChI=1S/C17H27N/c1-12-7-9-13(10-8-12)11-14(18-6)15-16(2,3)17(15,4)5/h7-10,14-15,18H,11H2,1-6H3. The Labute approximate surface area is 112 Å². The lowest BCUT2D eigenvalue weighted by molar-refractivity contribution is 0.421. The van der Waals surface area contributed by atoms with Gasteiger partial charge in [-0.05, 0) is 42.7 Å². The van der Waals surface area contributed by atoms with Crippen molar-refractivity contribution in [2.75, 3.05) is 7.05 Å². The summed E-state index contributed by atoms with van der Waals surface area (Å²) >= 11 is 0. The number of benzene rings is 1. The molecule has 1 aliphatic carbocycles. The summed E-state index contributed by atoms with van der Waals surface area (Å²) < 4.78 is 0. The summed E-state index contributed by atoms with van der Waals surface area (Å²) in [4.78, 5) is 0. The first-order chi connectivity index (χ1) is 8.30. The van der Waals surface area contributed by atoms with Crippen LogP contribution in [0.15, 0.2) is 24.3 Å². The van der Waals surface area contributed by atoms with Crippen molar-refractivity contribution in [2.24, 2.45) is 16.7 Å². The summed E-state index contributed by atoms with van der Waals surface area (Å²) in [6.07, 6.45) is 1.13. The molecule has 100 valence electrons. The average Bonchev–Trinajstić information content (AvgIpc) is 2.70. The third-order valence-electron chi connectivity index (χ3n) is 5.48. The highest BCUT2D eigenvalue weighted by atomic mass is 14.9. The van der Waals surface area contributed by atoms with Gasteiger partial charge in [-0.3, -0.25) is 0 Å². The minimum atomic E-state index is 0.450. The van der Waals surface area contributed by atoms with Crippen LogP contribution in [0.4, 0.5) is 0 Å². The molecule has 0 heterocycles. The Morgan fingerprint density at radius 2 is 1.56 bits per heavy atom. The normalized spacial score (nSPS) is 22.8. The van der Waals surface area contributed by atoms with Crippen molar-refractivity contribution >= 4 is 0 Å². The van der Waals surface area contributed by atoms with Crippen LogP contribution < -0.4 is 5.32 Å². The smallest absolute Gasteiger partial charge is 0.0143 e. The number of rotatable bonds is 4. The number of hydrogen-bond acceptors (Lipinski definition) is 1. The second-order valence-corrected chi connectivity index (χ2v) is 7.01. The Balaban J connectivity index is 2.10. The maximum Gasteiger partial charge on any atom is 0.0143 e. The number of nitrogens with one attached hydrogen (secondary N) is 1. The minimum absolute atomic E-state index is 0.450. The summed E-state index contributed by atoms with van der Waals surface area (Å²) in [5.41, 5.74) is 3.68. The summed E-state index contributed by atoms with van der Waals surface area (Å²) in [5.74, 6) is 0.760. The molecule has 0 bridgehead atoms. The van der Waals surface area contributed by atoms with Crippen molar-refractivity contribution in [3.63, 3.8) is 0 Å². The van der Waals surface area contributed by atoms with Gasteiger partial charge in [0.1, 0.15) is 0 Å². The molecular weight excluding hydrogens is 218 g/mol. The van der Waals surface area contributed by atoms with Gasteiger partial charge >= 0.3 is 0 Å². The van der Waals surface area contributed by atoms with Crippen molar-refractivity contribution in [1.82, 2.24) is 5.32 Å². The van der Waals surface area contributed by atoms with Gasteiger partial charge in [-0.15, -0.1) is 0 Å². The van der Waals surface area contributed by atoms with E-state index in [0.29, 0.717) is 16.9 Å². The summed E-state index contributed by atoms with van der Waals surface area (Å²) in [5, 5.41) is 3.54.